The molecule has 0 bridgehead atoms. The quantitative estimate of drug-likeness (QED) is 0.418. The van der Waals surface area contributed by atoms with E-state index >= 15 is 0 Å². The molecule has 180 valence electrons. The molecule has 0 atom stereocenters. The number of ether oxygens (including phenoxy) is 1. The third-order valence-electron chi connectivity index (χ3n) is 6.77. The molecule has 4 aromatic heterocycles. The summed E-state index contributed by atoms with van der Waals surface area (Å²) in [5.41, 5.74) is 6.07. The van der Waals surface area contributed by atoms with E-state index in [4.69, 9.17) is 14.8 Å². The number of imidazole rings is 1. The minimum Gasteiger partial charge on any atom is -0.461 e. The highest BCUT2D eigenvalue weighted by Crippen LogP contribution is 2.32. The molecule has 0 saturated heterocycles. The van der Waals surface area contributed by atoms with Crippen molar-refractivity contribution >= 4 is 28.9 Å². The SMILES string of the molecule is CCOC(=O)c1c(C)nc2cc(C)c(N3CCc4ncc(N5CCCn6nccc65)cc4C3)nn12. The van der Waals surface area contributed by atoms with Gasteiger partial charge in [0.25, 0.3) is 0 Å². The number of aryl methyl sites for hydroxylation is 3. The van der Waals surface area contributed by atoms with Crippen LogP contribution in [0.2, 0.25) is 0 Å². The van der Waals surface area contributed by atoms with Crippen molar-refractivity contribution in [1.29, 1.82) is 0 Å². The normalized spacial score (nSPS) is 15.3. The zero-order valence-electron chi connectivity index (χ0n) is 20.2. The molecule has 35 heavy (non-hydrogen) atoms. The van der Waals surface area contributed by atoms with Gasteiger partial charge in [0.1, 0.15) is 5.82 Å². The van der Waals surface area contributed by atoms with Gasteiger partial charge in [-0.25, -0.2) is 19.0 Å². The molecular weight excluding hydrogens is 444 g/mol. The zero-order chi connectivity index (χ0) is 24.1. The maximum absolute atomic E-state index is 12.6. The molecule has 0 amide bonds. The van der Waals surface area contributed by atoms with E-state index in [1.807, 2.05) is 37.0 Å². The molecule has 0 aliphatic carbocycles. The van der Waals surface area contributed by atoms with Crippen LogP contribution in [0, 0.1) is 13.8 Å². The van der Waals surface area contributed by atoms with Crippen LogP contribution in [0.15, 0.2) is 30.6 Å². The van der Waals surface area contributed by atoms with Crippen LogP contribution in [0.3, 0.4) is 0 Å². The van der Waals surface area contributed by atoms with Crippen LogP contribution in [0.5, 0.6) is 0 Å². The van der Waals surface area contributed by atoms with Gasteiger partial charge >= 0.3 is 5.97 Å². The first-order chi connectivity index (χ1) is 17.0. The van der Waals surface area contributed by atoms with Crippen LogP contribution < -0.4 is 9.80 Å². The number of esters is 1. The molecule has 0 aromatic carbocycles. The molecule has 4 aromatic rings. The summed E-state index contributed by atoms with van der Waals surface area (Å²) in [6, 6.07) is 6.29. The van der Waals surface area contributed by atoms with E-state index in [1.165, 1.54) is 5.56 Å². The number of fused-ring (bicyclic) bond motifs is 3. The zero-order valence-corrected chi connectivity index (χ0v) is 20.2. The van der Waals surface area contributed by atoms with Crippen molar-refractivity contribution in [3.8, 4) is 0 Å². The molecule has 2 aliphatic rings. The molecule has 6 rings (SSSR count). The average Bonchev–Trinajstić information content (AvgIpc) is 3.46. The van der Waals surface area contributed by atoms with Gasteiger partial charge in [0.15, 0.2) is 17.2 Å². The Morgan fingerprint density at radius 2 is 2.06 bits per heavy atom. The second kappa shape index (κ2) is 8.37. The van der Waals surface area contributed by atoms with Crippen molar-refractivity contribution in [2.24, 2.45) is 0 Å². The molecule has 0 radical (unpaired) electrons. The van der Waals surface area contributed by atoms with Crippen molar-refractivity contribution in [2.75, 3.05) is 29.5 Å². The van der Waals surface area contributed by atoms with Crippen molar-refractivity contribution < 1.29 is 9.53 Å². The summed E-state index contributed by atoms with van der Waals surface area (Å²) < 4.78 is 8.92. The van der Waals surface area contributed by atoms with Crippen LogP contribution in [0.25, 0.3) is 5.65 Å². The Hall–Kier alpha value is -3.95. The second-order valence-electron chi connectivity index (χ2n) is 9.08. The molecule has 0 spiro atoms. The summed E-state index contributed by atoms with van der Waals surface area (Å²) in [7, 11) is 0. The van der Waals surface area contributed by atoms with Crippen molar-refractivity contribution in [1.82, 2.24) is 29.4 Å². The van der Waals surface area contributed by atoms with Crippen molar-refractivity contribution in [3.05, 3.63) is 58.8 Å². The Bertz CT molecular complexity index is 1440. The smallest absolute Gasteiger partial charge is 0.358 e. The summed E-state index contributed by atoms with van der Waals surface area (Å²) in [5.74, 6) is 1.54. The number of pyridine rings is 1. The third kappa shape index (κ3) is 3.60. The summed E-state index contributed by atoms with van der Waals surface area (Å²) in [5, 5.41) is 9.30. The predicted octanol–water partition coefficient (Wildman–Crippen LogP) is 3.22. The minimum atomic E-state index is -0.404. The largest absolute Gasteiger partial charge is 0.461 e. The lowest BCUT2D eigenvalue weighted by Gasteiger charge is -2.33. The van der Waals surface area contributed by atoms with Crippen molar-refractivity contribution in [3.63, 3.8) is 0 Å². The number of carbonyl (C=O) groups is 1. The lowest BCUT2D eigenvalue weighted by Crippen LogP contribution is -2.33. The summed E-state index contributed by atoms with van der Waals surface area (Å²) in [6.07, 6.45) is 5.72. The van der Waals surface area contributed by atoms with E-state index in [2.05, 4.69) is 32.0 Å². The highest BCUT2D eigenvalue weighted by atomic mass is 16.5. The second-order valence-corrected chi connectivity index (χ2v) is 9.08. The van der Waals surface area contributed by atoms with E-state index < -0.39 is 5.97 Å². The van der Waals surface area contributed by atoms with Gasteiger partial charge in [0, 0.05) is 44.4 Å². The maximum Gasteiger partial charge on any atom is 0.358 e. The van der Waals surface area contributed by atoms with Gasteiger partial charge < -0.3 is 14.5 Å². The molecule has 10 nitrogen and oxygen atoms in total. The Morgan fingerprint density at radius 1 is 1.17 bits per heavy atom. The number of hydrogen-bond acceptors (Lipinski definition) is 8. The molecule has 0 unspecified atom stereocenters. The fourth-order valence-corrected chi connectivity index (χ4v) is 5.14. The number of rotatable bonds is 4. The van der Waals surface area contributed by atoms with E-state index in [0.717, 1.165) is 61.1 Å². The van der Waals surface area contributed by atoms with Gasteiger partial charge in [-0.15, -0.1) is 5.10 Å². The Balaban J connectivity index is 1.34. The van der Waals surface area contributed by atoms with E-state index in [-0.39, 0.29) is 0 Å². The van der Waals surface area contributed by atoms with Crippen LogP contribution in [-0.4, -0.2) is 55.0 Å². The Morgan fingerprint density at radius 3 is 2.91 bits per heavy atom. The lowest BCUT2D eigenvalue weighted by atomic mass is 10.0. The number of anilines is 3. The Labute approximate surface area is 203 Å². The van der Waals surface area contributed by atoms with E-state index in [9.17, 15) is 4.79 Å². The fourth-order valence-electron chi connectivity index (χ4n) is 5.14. The number of hydrogen-bond donors (Lipinski definition) is 0. The van der Waals surface area contributed by atoms with Crippen LogP contribution in [0.1, 0.15) is 46.3 Å². The molecular formula is C25H28N8O2. The predicted molar refractivity (Wildman–Crippen MR) is 131 cm³/mol. The average molecular weight is 473 g/mol. The van der Waals surface area contributed by atoms with Crippen LogP contribution in [-0.2, 0) is 24.2 Å². The fraction of sp³-hybridized carbons (Fsp3) is 0.400. The van der Waals surface area contributed by atoms with Gasteiger partial charge in [0.05, 0.1) is 30.4 Å². The first-order valence-corrected chi connectivity index (χ1v) is 12.1. The molecule has 0 saturated carbocycles. The first kappa shape index (κ1) is 21.6. The highest BCUT2D eigenvalue weighted by Gasteiger charge is 2.26. The van der Waals surface area contributed by atoms with E-state index in [0.29, 0.717) is 30.2 Å². The molecule has 2 aliphatic heterocycles. The highest BCUT2D eigenvalue weighted by molar-refractivity contribution is 5.90. The van der Waals surface area contributed by atoms with Gasteiger partial charge in [-0.3, -0.25) is 4.98 Å². The van der Waals surface area contributed by atoms with Crippen LogP contribution in [0.4, 0.5) is 17.3 Å². The lowest BCUT2D eigenvalue weighted by molar-refractivity contribution is 0.0516. The molecule has 10 heteroatoms. The molecule has 0 fully saturated rings. The monoisotopic (exact) mass is 472 g/mol. The summed E-state index contributed by atoms with van der Waals surface area (Å²) in [6.45, 7) is 9.35. The summed E-state index contributed by atoms with van der Waals surface area (Å²) in [4.78, 5) is 26.5. The minimum absolute atomic E-state index is 0.306. The number of aromatic nitrogens is 6. The molecule has 6 heterocycles. The third-order valence-corrected chi connectivity index (χ3v) is 6.77. The number of nitrogens with zero attached hydrogens (tertiary/aromatic N) is 8. The molecule has 0 N–H and O–H groups in total. The summed E-state index contributed by atoms with van der Waals surface area (Å²) >= 11 is 0. The Kier molecular flexibility index (Phi) is 5.16. The number of carbonyl (C=O) groups excluding carboxylic acids is 1. The van der Waals surface area contributed by atoms with Gasteiger partial charge in [-0.2, -0.15) is 5.10 Å². The topological polar surface area (TPSA) is 93.7 Å². The standard InChI is InChI=1S/C25H28N8O2/c1-4-35-25(34)23-17(3)28-21-12-16(2)24(29-33(21)23)30-11-7-20-18(15-30)13-19(14-26-20)31-9-5-10-32-22(31)6-8-27-32/h6,8,12-14H,4-5,7,9-11,15H2,1-3H3. The van der Waals surface area contributed by atoms with Gasteiger partial charge in [-0.1, -0.05) is 0 Å². The van der Waals surface area contributed by atoms with Crippen LogP contribution >= 0.6 is 0 Å². The van der Waals surface area contributed by atoms with Crippen molar-refractivity contribution in [2.45, 2.75) is 46.7 Å². The van der Waals surface area contributed by atoms with E-state index in [1.54, 1.807) is 11.4 Å². The van der Waals surface area contributed by atoms with Gasteiger partial charge in [0.2, 0.25) is 0 Å². The maximum atomic E-state index is 12.6. The van der Waals surface area contributed by atoms with Gasteiger partial charge in [-0.05, 0) is 50.5 Å². The first-order valence-electron chi connectivity index (χ1n) is 12.1.